The van der Waals surface area contributed by atoms with Crippen molar-refractivity contribution >= 4 is 45.0 Å². The number of nitrogens with zero attached hydrogens (tertiary/aromatic N) is 3. The summed E-state index contributed by atoms with van der Waals surface area (Å²) in [5.41, 5.74) is 2.66. The van der Waals surface area contributed by atoms with Gasteiger partial charge in [0.1, 0.15) is 4.90 Å². The van der Waals surface area contributed by atoms with Gasteiger partial charge >= 0.3 is 0 Å². The number of carbonyl (C=O) groups excluding carboxylic acids is 2. The highest BCUT2D eigenvalue weighted by Gasteiger charge is 2.29. The molecular formula is C28H28Cl2N4O4S. The molecule has 39 heavy (non-hydrogen) atoms. The first-order valence-corrected chi connectivity index (χ1v) is 14.2. The van der Waals surface area contributed by atoms with E-state index in [1.165, 1.54) is 17.0 Å². The summed E-state index contributed by atoms with van der Waals surface area (Å²) in [5.74, 6) is -0.989. The molecular weight excluding hydrogens is 559 g/mol. The van der Waals surface area contributed by atoms with Gasteiger partial charge in [-0.25, -0.2) is 8.42 Å². The molecule has 0 saturated carbocycles. The number of nitriles is 1. The Labute approximate surface area is 238 Å². The number of likely N-dealkylation sites (N-methyl/N-ethyl adjacent to an activating group) is 1. The van der Waals surface area contributed by atoms with Crippen molar-refractivity contribution in [2.45, 2.75) is 24.8 Å². The van der Waals surface area contributed by atoms with Crippen molar-refractivity contribution in [3.8, 4) is 6.07 Å². The summed E-state index contributed by atoms with van der Waals surface area (Å²) in [7, 11) is -2.58. The Morgan fingerprint density at radius 1 is 0.974 bits per heavy atom. The number of nitrogens with one attached hydrogen (secondary N) is 1. The smallest absolute Gasteiger partial charge is 0.245 e. The minimum Gasteiger partial charge on any atom is -0.346 e. The molecule has 0 aliphatic rings. The fraction of sp³-hybridized carbons (Fsp3) is 0.250. The van der Waals surface area contributed by atoms with E-state index in [-0.39, 0.29) is 35.5 Å². The molecule has 8 nitrogen and oxygen atoms in total. The van der Waals surface area contributed by atoms with Gasteiger partial charge in [0.05, 0.1) is 29.7 Å². The number of hydrogen-bond donors (Lipinski definition) is 1. The minimum absolute atomic E-state index is 0.00720. The third kappa shape index (κ3) is 8.04. The Bertz CT molecular complexity index is 1470. The maximum absolute atomic E-state index is 13.6. The van der Waals surface area contributed by atoms with Gasteiger partial charge in [-0.3, -0.25) is 9.59 Å². The number of benzene rings is 3. The Balaban J connectivity index is 1.70. The first-order valence-electron chi connectivity index (χ1n) is 12.0. The number of amides is 2. The molecule has 1 N–H and O–H groups in total. The van der Waals surface area contributed by atoms with Gasteiger partial charge in [-0.05, 0) is 54.3 Å². The molecule has 0 unspecified atom stereocenters. The van der Waals surface area contributed by atoms with E-state index >= 15 is 0 Å². The van der Waals surface area contributed by atoms with Crippen LogP contribution in [0.25, 0.3) is 0 Å². The molecule has 0 fully saturated rings. The maximum atomic E-state index is 13.6. The number of rotatable bonds is 11. The standard InChI is InChI=1S/C28H28Cl2N4O4S/c1-20-24(29)12-13-25(28(20)30)39(37,38)34(15-14-21-6-4-3-5-7-21)19-26(35)32-17-27(36)33(2)18-23-10-8-22(16-31)9-11-23/h3-13H,14-15,17-19H2,1-2H3,(H,32,35). The monoisotopic (exact) mass is 586 g/mol. The van der Waals surface area contributed by atoms with Crippen LogP contribution in [0.15, 0.2) is 71.6 Å². The van der Waals surface area contributed by atoms with Crippen molar-refractivity contribution < 1.29 is 18.0 Å². The van der Waals surface area contributed by atoms with E-state index in [0.717, 1.165) is 15.4 Å². The van der Waals surface area contributed by atoms with Crippen LogP contribution in [-0.2, 0) is 32.6 Å². The summed E-state index contributed by atoms with van der Waals surface area (Å²) < 4.78 is 28.2. The van der Waals surface area contributed by atoms with Gasteiger partial charge in [0.2, 0.25) is 21.8 Å². The van der Waals surface area contributed by atoms with Gasteiger partial charge in [0.25, 0.3) is 0 Å². The third-order valence-electron chi connectivity index (χ3n) is 6.08. The Kier molecular flexibility index (Phi) is 10.5. The van der Waals surface area contributed by atoms with Crippen molar-refractivity contribution in [3.05, 3.63) is 99.0 Å². The number of hydrogen-bond acceptors (Lipinski definition) is 5. The second-order valence-corrected chi connectivity index (χ2v) is 11.6. The van der Waals surface area contributed by atoms with Gasteiger partial charge in [-0.15, -0.1) is 0 Å². The van der Waals surface area contributed by atoms with Gasteiger partial charge in [0.15, 0.2) is 0 Å². The lowest BCUT2D eigenvalue weighted by atomic mass is 10.1. The van der Waals surface area contributed by atoms with Crippen LogP contribution in [0.5, 0.6) is 0 Å². The fourth-order valence-corrected chi connectivity index (χ4v) is 5.91. The van der Waals surface area contributed by atoms with Crippen LogP contribution in [0.4, 0.5) is 0 Å². The molecule has 0 radical (unpaired) electrons. The predicted molar refractivity (Wildman–Crippen MR) is 151 cm³/mol. The largest absolute Gasteiger partial charge is 0.346 e. The zero-order valence-electron chi connectivity index (χ0n) is 21.5. The first kappa shape index (κ1) is 30.1. The molecule has 204 valence electrons. The Morgan fingerprint density at radius 2 is 1.64 bits per heavy atom. The van der Waals surface area contributed by atoms with Crippen LogP contribution in [-0.4, -0.2) is 56.1 Å². The van der Waals surface area contributed by atoms with Crippen LogP contribution in [0.2, 0.25) is 10.0 Å². The average molecular weight is 588 g/mol. The van der Waals surface area contributed by atoms with Crippen molar-refractivity contribution in [3.63, 3.8) is 0 Å². The zero-order chi connectivity index (χ0) is 28.6. The SMILES string of the molecule is Cc1c(Cl)ccc(S(=O)(=O)N(CCc2ccccc2)CC(=O)NCC(=O)N(C)Cc2ccc(C#N)cc2)c1Cl. The van der Waals surface area contributed by atoms with Crippen molar-refractivity contribution in [2.24, 2.45) is 0 Å². The second kappa shape index (κ2) is 13.6. The van der Waals surface area contributed by atoms with Crippen LogP contribution < -0.4 is 5.32 Å². The third-order valence-corrected chi connectivity index (χ3v) is 8.98. The highest BCUT2D eigenvalue weighted by Crippen LogP contribution is 2.32. The summed E-state index contributed by atoms with van der Waals surface area (Å²) >= 11 is 12.4. The average Bonchev–Trinajstić information content (AvgIpc) is 2.93. The van der Waals surface area contributed by atoms with Gasteiger partial charge in [0, 0.05) is 25.2 Å². The molecule has 3 aromatic carbocycles. The lowest BCUT2D eigenvalue weighted by Gasteiger charge is -2.23. The van der Waals surface area contributed by atoms with E-state index in [1.54, 1.807) is 38.2 Å². The van der Waals surface area contributed by atoms with Gasteiger partial charge in [-0.1, -0.05) is 65.7 Å². The van der Waals surface area contributed by atoms with Crippen molar-refractivity contribution in [1.29, 1.82) is 5.26 Å². The van der Waals surface area contributed by atoms with E-state index in [9.17, 15) is 18.0 Å². The molecule has 0 atom stereocenters. The molecule has 3 aromatic rings. The second-order valence-electron chi connectivity index (χ2n) is 8.89. The lowest BCUT2D eigenvalue weighted by molar-refractivity contribution is -0.132. The van der Waals surface area contributed by atoms with Crippen LogP contribution in [0.3, 0.4) is 0 Å². The highest BCUT2D eigenvalue weighted by molar-refractivity contribution is 7.89. The predicted octanol–water partition coefficient (Wildman–Crippen LogP) is 4.18. The molecule has 11 heteroatoms. The quantitative estimate of drug-likeness (QED) is 0.362. The topological polar surface area (TPSA) is 111 Å². The van der Waals surface area contributed by atoms with E-state index in [0.29, 0.717) is 22.6 Å². The Morgan fingerprint density at radius 3 is 2.28 bits per heavy atom. The first-order chi connectivity index (χ1) is 18.5. The maximum Gasteiger partial charge on any atom is 0.245 e. The summed E-state index contributed by atoms with van der Waals surface area (Å²) in [6.07, 6.45) is 0.365. The molecule has 0 spiro atoms. The van der Waals surface area contributed by atoms with E-state index in [4.69, 9.17) is 28.5 Å². The van der Waals surface area contributed by atoms with Crippen LogP contribution in [0, 0.1) is 18.3 Å². The van der Waals surface area contributed by atoms with Crippen molar-refractivity contribution in [2.75, 3.05) is 26.7 Å². The number of carbonyl (C=O) groups is 2. The van der Waals surface area contributed by atoms with Crippen molar-refractivity contribution in [1.82, 2.24) is 14.5 Å². The molecule has 0 aliphatic heterocycles. The molecule has 0 saturated heterocycles. The van der Waals surface area contributed by atoms with E-state index < -0.39 is 22.5 Å². The summed E-state index contributed by atoms with van der Waals surface area (Å²) in [6, 6.07) is 20.9. The van der Waals surface area contributed by atoms with Crippen LogP contribution in [0.1, 0.15) is 22.3 Å². The Hall–Kier alpha value is -3.42. The fourth-order valence-electron chi connectivity index (χ4n) is 3.73. The molecule has 3 rings (SSSR count). The number of sulfonamides is 1. The number of halogens is 2. The summed E-state index contributed by atoms with van der Waals surface area (Å²) in [5, 5.41) is 11.8. The summed E-state index contributed by atoms with van der Waals surface area (Å²) in [4.78, 5) is 26.7. The normalized spacial score (nSPS) is 11.2. The van der Waals surface area contributed by atoms with Gasteiger partial charge in [-0.2, -0.15) is 9.57 Å². The molecule has 0 heterocycles. The lowest BCUT2D eigenvalue weighted by Crippen LogP contribution is -2.44. The minimum atomic E-state index is -4.17. The molecule has 0 aliphatic carbocycles. The highest BCUT2D eigenvalue weighted by atomic mass is 35.5. The summed E-state index contributed by atoms with van der Waals surface area (Å²) in [6.45, 7) is 1.11. The van der Waals surface area contributed by atoms with E-state index in [1.807, 2.05) is 36.4 Å². The van der Waals surface area contributed by atoms with Crippen LogP contribution >= 0.6 is 23.2 Å². The molecule has 2 amide bonds. The molecule has 0 aromatic heterocycles. The van der Waals surface area contributed by atoms with E-state index in [2.05, 4.69) is 5.32 Å². The zero-order valence-corrected chi connectivity index (χ0v) is 23.9. The molecule has 0 bridgehead atoms. The van der Waals surface area contributed by atoms with Gasteiger partial charge < -0.3 is 10.2 Å².